The van der Waals surface area contributed by atoms with Crippen LogP contribution in [0.3, 0.4) is 0 Å². The molecule has 0 bridgehead atoms. The van der Waals surface area contributed by atoms with Crippen LogP contribution in [0.4, 0.5) is 17.1 Å². The van der Waals surface area contributed by atoms with Gasteiger partial charge in [-0.25, -0.2) is 0 Å². The summed E-state index contributed by atoms with van der Waals surface area (Å²) in [4.78, 5) is 2.43. The minimum absolute atomic E-state index is 0.351. The first-order chi connectivity index (χ1) is 37.7. The maximum absolute atomic E-state index is 2.63. The minimum atomic E-state index is -2.63. The van der Waals surface area contributed by atoms with E-state index in [2.05, 4.69) is 290 Å². The maximum atomic E-state index is 2.49. The lowest BCUT2D eigenvalue weighted by atomic mass is 9.70. The van der Waals surface area contributed by atoms with Crippen LogP contribution in [0, 0.1) is 0 Å². The second-order valence-electron chi connectivity index (χ2n) is 20.6. The fourth-order valence-electron chi connectivity index (χ4n) is 13.8. The average molecular weight is 998 g/mol. The van der Waals surface area contributed by atoms with Crippen LogP contribution < -0.4 is 25.6 Å². The molecule has 1 spiro atoms. The molecular weight excluding hydrogens is 951 g/mol. The molecule has 3 aliphatic rings. The Labute approximate surface area is 447 Å². The first kappa shape index (κ1) is 43.3. The zero-order chi connectivity index (χ0) is 50.0. The van der Waals surface area contributed by atoms with Crippen molar-refractivity contribution in [2.75, 3.05) is 4.90 Å². The molecule has 3 heteroatoms. The van der Waals surface area contributed by atoms with Crippen LogP contribution >= 0.6 is 11.3 Å². The standard InChI is InChI=1S/C73H47NSSi/c1-2-18-55(19-3-1)76(71-31-14-8-25-62(71)63-26-9-15-32-72(63)76)56-20-16-17-50(45-56)48-33-38-52(39-34-48)74(54-42-43-61-60-24-7-13-30-69(60)75-70(61)47-54)53-40-35-49(36-41-53)51-37-44-68-64(46-51)59-23-6-12-29-67(59)73(68)65-27-10-4-21-57(65)58-22-5-11-28-66(58)73/h1-47H. The summed E-state index contributed by atoms with van der Waals surface area (Å²) in [6.07, 6.45) is 0. The van der Waals surface area contributed by atoms with Crippen LogP contribution in [0.5, 0.6) is 0 Å². The highest BCUT2D eigenvalue weighted by molar-refractivity contribution is 7.26. The lowest BCUT2D eigenvalue weighted by molar-refractivity contribution is 0.794. The highest BCUT2D eigenvalue weighted by atomic mass is 32.1. The topological polar surface area (TPSA) is 3.24 Å². The van der Waals surface area contributed by atoms with E-state index >= 15 is 0 Å². The van der Waals surface area contributed by atoms with Gasteiger partial charge in [0.15, 0.2) is 8.07 Å². The molecule has 76 heavy (non-hydrogen) atoms. The summed E-state index contributed by atoms with van der Waals surface area (Å²) in [5.41, 5.74) is 21.3. The van der Waals surface area contributed by atoms with Crippen molar-refractivity contribution in [3.8, 4) is 55.6 Å². The number of hydrogen-bond donors (Lipinski definition) is 0. The van der Waals surface area contributed by atoms with Crippen LogP contribution in [0.25, 0.3) is 75.8 Å². The van der Waals surface area contributed by atoms with Gasteiger partial charge in [-0.2, -0.15) is 0 Å². The molecule has 0 unspecified atom stereocenters. The Hall–Kier alpha value is -9.12. The van der Waals surface area contributed by atoms with Gasteiger partial charge in [-0.1, -0.05) is 237 Å². The summed E-state index contributed by atoms with van der Waals surface area (Å²) >= 11 is 1.87. The summed E-state index contributed by atoms with van der Waals surface area (Å²) in [5, 5.41) is 8.34. The summed E-state index contributed by atoms with van der Waals surface area (Å²) in [7, 11) is -2.63. The van der Waals surface area contributed by atoms with Crippen LogP contribution in [0.1, 0.15) is 22.3 Å². The molecule has 12 aromatic carbocycles. The molecule has 1 aliphatic heterocycles. The van der Waals surface area contributed by atoms with Crippen LogP contribution in [0.15, 0.2) is 285 Å². The summed E-state index contributed by atoms with van der Waals surface area (Å²) < 4.78 is 2.59. The largest absolute Gasteiger partial charge is 0.310 e. The highest BCUT2D eigenvalue weighted by Crippen LogP contribution is 2.63. The Morgan fingerprint density at radius 1 is 0.276 bits per heavy atom. The molecule has 0 atom stereocenters. The molecule has 0 fully saturated rings. The van der Waals surface area contributed by atoms with E-state index in [0.29, 0.717) is 0 Å². The van der Waals surface area contributed by atoms with Crippen molar-refractivity contribution in [2.45, 2.75) is 5.41 Å². The Morgan fingerprint density at radius 2 is 0.737 bits per heavy atom. The first-order valence-electron chi connectivity index (χ1n) is 26.4. The number of benzene rings is 12. The SMILES string of the molecule is c1ccc([Si]2(c3cccc(-c4ccc(N(c5ccc(-c6ccc7c(c6)-c6ccccc6C76c7ccccc7-c7ccccc76)cc5)c5ccc6c(c5)sc5ccccc56)cc4)c3)c3ccccc3-c3ccccc32)cc1. The third-order valence-corrected chi connectivity index (χ3v) is 23.0. The predicted octanol–water partition coefficient (Wildman–Crippen LogP) is 16.6. The Balaban J connectivity index is 0.795. The van der Waals surface area contributed by atoms with Crippen molar-refractivity contribution in [1.29, 1.82) is 0 Å². The molecule has 0 saturated heterocycles. The maximum Gasteiger partial charge on any atom is 0.180 e. The molecule has 0 radical (unpaired) electrons. The van der Waals surface area contributed by atoms with Crippen molar-refractivity contribution in [3.05, 3.63) is 307 Å². The number of nitrogens with zero attached hydrogens (tertiary/aromatic N) is 1. The molecule has 13 aromatic rings. The van der Waals surface area contributed by atoms with E-state index in [1.165, 1.54) is 119 Å². The smallest absolute Gasteiger partial charge is 0.180 e. The normalized spacial score (nSPS) is 13.7. The second-order valence-corrected chi connectivity index (χ2v) is 25.5. The Bertz CT molecular complexity index is 4380. The molecule has 2 heterocycles. The average Bonchev–Trinajstić information content (AvgIpc) is 4.25. The van der Waals surface area contributed by atoms with Gasteiger partial charge in [-0.3, -0.25) is 0 Å². The molecular formula is C73H47NSSi. The summed E-state index contributed by atoms with van der Waals surface area (Å²) in [6.45, 7) is 0. The summed E-state index contributed by atoms with van der Waals surface area (Å²) in [6, 6.07) is 108. The Kier molecular flexibility index (Phi) is 9.51. The van der Waals surface area contributed by atoms with E-state index in [-0.39, 0.29) is 5.41 Å². The van der Waals surface area contributed by atoms with Gasteiger partial charge in [0.25, 0.3) is 0 Å². The third kappa shape index (κ3) is 6.07. The van der Waals surface area contributed by atoms with Crippen LogP contribution in [-0.2, 0) is 5.41 Å². The van der Waals surface area contributed by atoms with Gasteiger partial charge in [-0.15, -0.1) is 11.3 Å². The molecule has 0 N–H and O–H groups in total. The minimum Gasteiger partial charge on any atom is -0.310 e. The lowest BCUT2D eigenvalue weighted by Crippen LogP contribution is -2.72. The molecule has 1 aromatic heterocycles. The summed E-state index contributed by atoms with van der Waals surface area (Å²) in [5.74, 6) is 0. The van der Waals surface area contributed by atoms with Crippen molar-refractivity contribution in [1.82, 2.24) is 0 Å². The second kappa shape index (κ2) is 16.7. The molecule has 0 saturated carbocycles. The van der Waals surface area contributed by atoms with Gasteiger partial charge in [0, 0.05) is 37.2 Å². The molecule has 1 nitrogen and oxygen atoms in total. The van der Waals surface area contributed by atoms with Gasteiger partial charge in [0.1, 0.15) is 0 Å². The molecule has 0 amide bonds. The van der Waals surface area contributed by atoms with Gasteiger partial charge in [0.05, 0.1) is 5.41 Å². The van der Waals surface area contributed by atoms with Crippen LogP contribution in [-0.4, -0.2) is 8.07 Å². The van der Waals surface area contributed by atoms with E-state index in [9.17, 15) is 0 Å². The number of anilines is 3. The van der Waals surface area contributed by atoms with Gasteiger partial charge in [-0.05, 0) is 147 Å². The zero-order valence-corrected chi connectivity index (χ0v) is 43.3. The van der Waals surface area contributed by atoms with E-state index in [1.54, 1.807) is 0 Å². The van der Waals surface area contributed by atoms with E-state index < -0.39 is 8.07 Å². The number of fused-ring (bicyclic) bond motifs is 16. The van der Waals surface area contributed by atoms with Gasteiger partial charge < -0.3 is 4.90 Å². The van der Waals surface area contributed by atoms with E-state index in [4.69, 9.17) is 0 Å². The lowest BCUT2D eigenvalue weighted by Gasteiger charge is -2.31. The zero-order valence-electron chi connectivity index (χ0n) is 41.5. The monoisotopic (exact) mass is 997 g/mol. The van der Waals surface area contributed by atoms with E-state index in [1.807, 2.05) is 11.3 Å². The molecule has 354 valence electrons. The third-order valence-electron chi connectivity index (χ3n) is 17.0. The van der Waals surface area contributed by atoms with Crippen molar-refractivity contribution in [3.63, 3.8) is 0 Å². The Morgan fingerprint density at radius 3 is 1.37 bits per heavy atom. The van der Waals surface area contributed by atoms with Crippen molar-refractivity contribution in [2.24, 2.45) is 0 Å². The fraction of sp³-hybridized carbons (Fsp3) is 0.0137. The van der Waals surface area contributed by atoms with Crippen LogP contribution in [0.2, 0.25) is 0 Å². The predicted molar refractivity (Wildman–Crippen MR) is 324 cm³/mol. The quantitative estimate of drug-likeness (QED) is 0.144. The fourth-order valence-corrected chi connectivity index (χ4v) is 20.2. The molecule has 2 aliphatic carbocycles. The molecule has 16 rings (SSSR count). The van der Waals surface area contributed by atoms with Crippen molar-refractivity contribution >= 4 is 77.4 Å². The first-order valence-corrected chi connectivity index (χ1v) is 29.2. The number of hydrogen-bond acceptors (Lipinski definition) is 2. The van der Waals surface area contributed by atoms with Crippen molar-refractivity contribution < 1.29 is 0 Å². The number of thiophene rings is 1. The highest BCUT2D eigenvalue weighted by Gasteiger charge is 2.52. The number of rotatable bonds is 7. The van der Waals surface area contributed by atoms with Gasteiger partial charge in [0.2, 0.25) is 0 Å². The van der Waals surface area contributed by atoms with Gasteiger partial charge >= 0.3 is 0 Å². The van der Waals surface area contributed by atoms with E-state index in [0.717, 1.165) is 17.1 Å².